The second-order valence-electron chi connectivity index (χ2n) is 10.9. The number of rotatable bonds is 6. The van der Waals surface area contributed by atoms with Gasteiger partial charge in [0.1, 0.15) is 11.6 Å². The molecule has 2 aliphatic rings. The number of hydrogen-bond donors (Lipinski definition) is 1. The first-order chi connectivity index (χ1) is 14.6. The van der Waals surface area contributed by atoms with Crippen LogP contribution in [0.3, 0.4) is 0 Å². The van der Waals surface area contributed by atoms with Crippen molar-refractivity contribution in [1.82, 2.24) is 15.1 Å². The van der Waals surface area contributed by atoms with Gasteiger partial charge < -0.3 is 10.2 Å². The number of carbonyl (C=O) groups excluding carboxylic acids is 2. The molecule has 2 amide bonds. The van der Waals surface area contributed by atoms with Gasteiger partial charge in [-0.3, -0.25) is 14.5 Å². The van der Waals surface area contributed by atoms with E-state index in [1.54, 1.807) is 0 Å². The molecule has 2 fully saturated rings. The minimum atomic E-state index is -0.673. The van der Waals surface area contributed by atoms with E-state index in [0.717, 1.165) is 26.1 Å². The Morgan fingerprint density at radius 2 is 1.71 bits per heavy atom. The van der Waals surface area contributed by atoms with Crippen LogP contribution in [0, 0.1) is 5.92 Å². The molecule has 2 aliphatic heterocycles. The number of amides is 2. The molecule has 2 saturated heterocycles. The van der Waals surface area contributed by atoms with Crippen LogP contribution >= 0.6 is 0 Å². The van der Waals surface area contributed by atoms with E-state index in [0.29, 0.717) is 31.7 Å². The third kappa shape index (κ3) is 5.14. The fourth-order valence-electron chi connectivity index (χ4n) is 5.00. The highest BCUT2D eigenvalue weighted by atomic mass is 16.2. The van der Waals surface area contributed by atoms with Crippen molar-refractivity contribution in [1.29, 1.82) is 0 Å². The number of benzene rings is 1. The number of likely N-dealkylation sites (tertiary alicyclic amines) is 1. The van der Waals surface area contributed by atoms with Gasteiger partial charge in [0.2, 0.25) is 11.8 Å². The van der Waals surface area contributed by atoms with Crippen LogP contribution < -0.4 is 5.32 Å². The highest BCUT2D eigenvalue weighted by molar-refractivity contribution is 6.00. The lowest BCUT2D eigenvalue weighted by atomic mass is 9.80. The summed E-state index contributed by atoms with van der Waals surface area (Å²) in [6.45, 7) is 16.2. The lowest BCUT2D eigenvalue weighted by Crippen LogP contribution is -2.73. The minimum Gasteiger partial charge on any atom is -0.342 e. The van der Waals surface area contributed by atoms with E-state index in [1.807, 2.05) is 4.90 Å². The molecule has 1 aromatic rings. The predicted molar refractivity (Wildman–Crippen MR) is 126 cm³/mol. The van der Waals surface area contributed by atoms with Gasteiger partial charge in [0.25, 0.3) is 0 Å². The van der Waals surface area contributed by atoms with E-state index in [9.17, 15) is 9.59 Å². The van der Waals surface area contributed by atoms with Crippen LogP contribution in [0.15, 0.2) is 24.3 Å². The Kier molecular flexibility index (Phi) is 7.14. The molecule has 0 aliphatic carbocycles. The van der Waals surface area contributed by atoms with Crippen molar-refractivity contribution in [3.8, 4) is 0 Å². The van der Waals surface area contributed by atoms with E-state index >= 15 is 0 Å². The van der Waals surface area contributed by atoms with Crippen molar-refractivity contribution >= 4 is 11.8 Å². The maximum atomic E-state index is 13.3. The average molecular weight is 428 g/mol. The van der Waals surface area contributed by atoms with Gasteiger partial charge in [-0.2, -0.15) is 0 Å². The SMILES string of the molecule is CCCN1C(=O)C(CC(C)C)NC(=O)C12CCN(Cc1ccc(C(C)(C)C)cc1)CC2. The van der Waals surface area contributed by atoms with Crippen LogP contribution in [-0.4, -0.2) is 52.8 Å². The van der Waals surface area contributed by atoms with E-state index in [1.165, 1.54) is 11.1 Å². The molecule has 3 rings (SSSR count). The molecule has 1 N–H and O–H groups in total. The van der Waals surface area contributed by atoms with Crippen LogP contribution in [0.1, 0.15) is 78.4 Å². The molecule has 5 heteroatoms. The predicted octanol–water partition coefficient (Wildman–Crippen LogP) is 4.10. The normalized spacial score (nSPS) is 22.3. The van der Waals surface area contributed by atoms with Crippen molar-refractivity contribution in [2.24, 2.45) is 5.92 Å². The van der Waals surface area contributed by atoms with E-state index in [4.69, 9.17) is 0 Å². The zero-order valence-corrected chi connectivity index (χ0v) is 20.3. The summed E-state index contributed by atoms with van der Waals surface area (Å²) < 4.78 is 0. The molecule has 1 unspecified atom stereocenters. The van der Waals surface area contributed by atoms with Gasteiger partial charge in [-0.05, 0) is 48.1 Å². The van der Waals surface area contributed by atoms with Crippen LogP contribution in [0.25, 0.3) is 0 Å². The maximum absolute atomic E-state index is 13.3. The molecule has 1 atom stereocenters. The molecule has 0 radical (unpaired) electrons. The molecule has 1 aromatic carbocycles. The Morgan fingerprint density at radius 1 is 1.10 bits per heavy atom. The van der Waals surface area contributed by atoms with Crippen LogP contribution in [0.5, 0.6) is 0 Å². The Morgan fingerprint density at radius 3 is 2.23 bits per heavy atom. The Balaban J connectivity index is 1.68. The second-order valence-corrected chi connectivity index (χ2v) is 10.9. The molecule has 31 heavy (non-hydrogen) atoms. The first kappa shape index (κ1) is 23.8. The third-order valence-corrected chi connectivity index (χ3v) is 6.87. The molecule has 5 nitrogen and oxygen atoms in total. The van der Waals surface area contributed by atoms with Crippen molar-refractivity contribution in [3.05, 3.63) is 35.4 Å². The highest BCUT2D eigenvalue weighted by Crippen LogP contribution is 2.34. The molecule has 0 aromatic heterocycles. The highest BCUT2D eigenvalue weighted by Gasteiger charge is 2.53. The summed E-state index contributed by atoms with van der Waals surface area (Å²) in [6.07, 6.45) is 2.99. The third-order valence-electron chi connectivity index (χ3n) is 6.87. The largest absolute Gasteiger partial charge is 0.342 e. The number of piperazine rings is 1. The summed E-state index contributed by atoms with van der Waals surface area (Å²) in [5, 5.41) is 3.08. The van der Waals surface area contributed by atoms with Gasteiger partial charge in [-0.15, -0.1) is 0 Å². The van der Waals surface area contributed by atoms with E-state index in [2.05, 4.69) is 76.0 Å². The summed E-state index contributed by atoms with van der Waals surface area (Å²) in [4.78, 5) is 30.9. The van der Waals surface area contributed by atoms with E-state index < -0.39 is 5.54 Å². The molecule has 0 saturated carbocycles. The number of hydrogen-bond acceptors (Lipinski definition) is 3. The number of piperidine rings is 1. The van der Waals surface area contributed by atoms with Crippen molar-refractivity contribution < 1.29 is 9.59 Å². The summed E-state index contributed by atoms with van der Waals surface area (Å²) in [5.41, 5.74) is 2.13. The Hall–Kier alpha value is -1.88. The zero-order valence-electron chi connectivity index (χ0n) is 20.3. The monoisotopic (exact) mass is 427 g/mol. The topological polar surface area (TPSA) is 52.7 Å². The first-order valence-electron chi connectivity index (χ1n) is 12.0. The zero-order chi connectivity index (χ0) is 22.8. The second kappa shape index (κ2) is 9.32. The number of nitrogens with zero attached hydrogens (tertiary/aromatic N) is 2. The smallest absolute Gasteiger partial charge is 0.246 e. The van der Waals surface area contributed by atoms with Gasteiger partial charge in [0.15, 0.2) is 0 Å². The van der Waals surface area contributed by atoms with Gasteiger partial charge in [0, 0.05) is 26.2 Å². The van der Waals surface area contributed by atoms with E-state index in [-0.39, 0.29) is 23.3 Å². The average Bonchev–Trinajstić information content (AvgIpc) is 2.70. The summed E-state index contributed by atoms with van der Waals surface area (Å²) in [7, 11) is 0. The quantitative estimate of drug-likeness (QED) is 0.744. The number of carbonyl (C=O) groups is 2. The lowest BCUT2D eigenvalue weighted by Gasteiger charge is -2.52. The van der Waals surface area contributed by atoms with Crippen LogP contribution in [0.2, 0.25) is 0 Å². The lowest BCUT2D eigenvalue weighted by molar-refractivity contribution is -0.161. The number of nitrogens with one attached hydrogen (secondary N) is 1. The molecular weight excluding hydrogens is 386 g/mol. The fourth-order valence-corrected chi connectivity index (χ4v) is 5.00. The standard InChI is InChI=1S/C26H41N3O2/c1-7-14-29-23(30)22(17-19(2)3)27-24(31)26(29)12-15-28(16-13-26)18-20-8-10-21(11-9-20)25(4,5)6/h8-11,19,22H,7,12-18H2,1-6H3,(H,27,31). The van der Waals surface area contributed by atoms with Gasteiger partial charge in [-0.25, -0.2) is 0 Å². The van der Waals surface area contributed by atoms with Crippen LogP contribution in [0.4, 0.5) is 0 Å². The first-order valence-corrected chi connectivity index (χ1v) is 12.0. The molecule has 172 valence electrons. The van der Waals surface area contributed by atoms with Crippen molar-refractivity contribution in [2.45, 2.75) is 90.8 Å². The Bertz CT molecular complexity index is 771. The molecule has 2 heterocycles. The van der Waals surface area contributed by atoms with Gasteiger partial charge in [-0.1, -0.05) is 65.8 Å². The van der Waals surface area contributed by atoms with Crippen LogP contribution in [-0.2, 0) is 21.5 Å². The summed E-state index contributed by atoms with van der Waals surface area (Å²) >= 11 is 0. The maximum Gasteiger partial charge on any atom is 0.246 e. The van der Waals surface area contributed by atoms with Gasteiger partial charge in [0.05, 0.1) is 0 Å². The van der Waals surface area contributed by atoms with Gasteiger partial charge >= 0.3 is 0 Å². The molecule has 0 bridgehead atoms. The van der Waals surface area contributed by atoms with Crippen molar-refractivity contribution in [2.75, 3.05) is 19.6 Å². The summed E-state index contributed by atoms with van der Waals surface area (Å²) in [6, 6.07) is 8.53. The minimum absolute atomic E-state index is 0.0559. The molecule has 1 spiro atoms. The summed E-state index contributed by atoms with van der Waals surface area (Å²) in [5.74, 6) is 0.542. The van der Waals surface area contributed by atoms with Crippen molar-refractivity contribution in [3.63, 3.8) is 0 Å². The molecular formula is C26H41N3O2. The Labute approximate surface area is 188 Å². The fraction of sp³-hybridized carbons (Fsp3) is 0.692.